The number of hydrogen-bond acceptors (Lipinski definition) is 1. The summed E-state index contributed by atoms with van der Waals surface area (Å²) in [5.74, 6) is 0. The smallest absolute Gasteiger partial charge is 0.0125 e. The standard InChI is InChI=1S/C17H37N/c1-6-8-9-10-11-12-13-14-16-18(15-7-2)17(3,4)5/h6-16H2,1-5H3. The summed E-state index contributed by atoms with van der Waals surface area (Å²) < 4.78 is 0. The molecule has 0 aliphatic carbocycles. The van der Waals surface area contributed by atoms with Crippen LogP contribution in [-0.2, 0) is 0 Å². The summed E-state index contributed by atoms with van der Waals surface area (Å²) in [6, 6.07) is 0. The zero-order chi connectivity index (χ0) is 13.9. The molecule has 0 saturated heterocycles. The van der Waals surface area contributed by atoms with Crippen molar-refractivity contribution >= 4 is 0 Å². The Hall–Kier alpha value is -0.0400. The first kappa shape index (κ1) is 18.0. The number of nitrogens with zero attached hydrogens (tertiary/aromatic N) is 1. The lowest BCUT2D eigenvalue weighted by molar-refractivity contribution is 0.133. The lowest BCUT2D eigenvalue weighted by Crippen LogP contribution is -2.42. The van der Waals surface area contributed by atoms with Gasteiger partial charge in [0, 0.05) is 5.54 Å². The maximum Gasteiger partial charge on any atom is 0.0125 e. The van der Waals surface area contributed by atoms with Gasteiger partial charge in [-0.1, -0.05) is 58.8 Å². The van der Waals surface area contributed by atoms with E-state index in [0.717, 1.165) is 0 Å². The summed E-state index contributed by atoms with van der Waals surface area (Å²) in [7, 11) is 0. The molecule has 1 heteroatoms. The molecule has 0 aromatic rings. The molecule has 0 aromatic carbocycles. The topological polar surface area (TPSA) is 3.24 Å². The maximum atomic E-state index is 2.64. The van der Waals surface area contributed by atoms with Gasteiger partial charge in [-0.05, 0) is 46.7 Å². The normalized spacial score (nSPS) is 12.3. The van der Waals surface area contributed by atoms with Gasteiger partial charge in [-0.25, -0.2) is 0 Å². The first-order valence-corrected chi connectivity index (χ1v) is 8.27. The third kappa shape index (κ3) is 9.94. The fourth-order valence-electron chi connectivity index (χ4n) is 2.49. The lowest BCUT2D eigenvalue weighted by Gasteiger charge is -2.35. The molecule has 110 valence electrons. The highest BCUT2D eigenvalue weighted by Gasteiger charge is 2.19. The Morgan fingerprint density at radius 1 is 0.611 bits per heavy atom. The molecule has 0 aliphatic heterocycles. The van der Waals surface area contributed by atoms with Crippen LogP contribution in [-0.4, -0.2) is 23.5 Å². The highest BCUT2D eigenvalue weighted by molar-refractivity contribution is 4.75. The SMILES string of the molecule is CCCCCCCCCCN(CCC)C(C)(C)C. The van der Waals surface area contributed by atoms with Crippen LogP contribution in [0.4, 0.5) is 0 Å². The largest absolute Gasteiger partial charge is 0.298 e. The summed E-state index contributed by atoms with van der Waals surface area (Å²) in [6.07, 6.45) is 12.6. The Labute approximate surface area is 116 Å². The second kappa shape index (κ2) is 10.8. The van der Waals surface area contributed by atoms with Crippen molar-refractivity contribution < 1.29 is 0 Å². The van der Waals surface area contributed by atoms with Crippen molar-refractivity contribution in [2.24, 2.45) is 0 Å². The van der Waals surface area contributed by atoms with Crippen molar-refractivity contribution in [2.75, 3.05) is 13.1 Å². The Balaban J connectivity index is 3.50. The van der Waals surface area contributed by atoms with Gasteiger partial charge in [0.1, 0.15) is 0 Å². The fourth-order valence-corrected chi connectivity index (χ4v) is 2.49. The third-order valence-corrected chi connectivity index (χ3v) is 3.72. The number of hydrogen-bond donors (Lipinski definition) is 0. The van der Waals surface area contributed by atoms with Crippen molar-refractivity contribution in [3.63, 3.8) is 0 Å². The molecule has 0 aliphatic rings. The van der Waals surface area contributed by atoms with Crippen molar-refractivity contribution in [1.82, 2.24) is 4.90 Å². The summed E-state index contributed by atoms with van der Waals surface area (Å²) in [5, 5.41) is 0. The highest BCUT2D eigenvalue weighted by atomic mass is 15.2. The van der Waals surface area contributed by atoms with Crippen molar-refractivity contribution in [2.45, 2.75) is 97.9 Å². The van der Waals surface area contributed by atoms with E-state index >= 15 is 0 Å². The van der Waals surface area contributed by atoms with Crippen LogP contribution in [0.5, 0.6) is 0 Å². The minimum atomic E-state index is 0.344. The van der Waals surface area contributed by atoms with Crippen LogP contribution in [0.3, 0.4) is 0 Å². The molecule has 0 amide bonds. The van der Waals surface area contributed by atoms with E-state index in [0.29, 0.717) is 5.54 Å². The quantitative estimate of drug-likeness (QED) is 0.432. The number of rotatable bonds is 11. The van der Waals surface area contributed by atoms with E-state index in [2.05, 4.69) is 39.5 Å². The van der Waals surface area contributed by atoms with Gasteiger partial charge in [-0.3, -0.25) is 4.90 Å². The molecule has 0 saturated carbocycles. The van der Waals surface area contributed by atoms with Crippen LogP contribution in [0.2, 0.25) is 0 Å². The van der Waals surface area contributed by atoms with Crippen molar-refractivity contribution in [3.05, 3.63) is 0 Å². The van der Waals surface area contributed by atoms with Gasteiger partial charge in [-0.2, -0.15) is 0 Å². The average Bonchev–Trinajstić information content (AvgIpc) is 2.30. The molecule has 1 nitrogen and oxygen atoms in total. The van der Waals surface area contributed by atoms with E-state index in [-0.39, 0.29) is 0 Å². The van der Waals surface area contributed by atoms with E-state index < -0.39 is 0 Å². The van der Waals surface area contributed by atoms with Crippen LogP contribution in [0.15, 0.2) is 0 Å². The number of unbranched alkanes of at least 4 members (excludes halogenated alkanes) is 7. The molecule has 0 rings (SSSR count). The molecular formula is C17H37N. The molecule has 0 heterocycles. The molecule has 18 heavy (non-hydrogen) atoms. The predicted octanol–water partition coefficient (Wildman–Crippen LogP) is 5.64. The summed E-state index contributed by atoms with van der Waals surface area (Å²) in [4.78, 5) is 2.64. The predicted molar refractivity (Wildman–Crippen MR) is 84.2 cm³/mol. The molecule has 0 spiro atoms. The molecule has 0 aromatic heterocycles. The minimum Gasteiger partial charge on any atom is -0.298 e. The van der Waals surface area contributed by atoms with E-state index in [4.69, 9.17) is 0 Å². The molecule has 0 N–H and O–H groups in total. The van der Waals surface area contributed by atoms with Crippen LogP contribution in [0.25, 0.3) is 0 Å². The zero-order valence-electron chi connectivity index (χ0n) is 13.7. The Morgan fingerprint density at radius 3 is 1.56 bits per heavy atom. The van der Waals surface area contributed by atoms with Gasteiger partial charge in [-0.15, -0.1) is 0 Å². The zero-order valence-corrected chi connectivity index (χ0v) is 13.7. The van der Waals surface area contributed by atoms with Gasteiger partial charge < -0.3 is 0 Å². The molecule has 0 atom stereocenters. The second-order valence-electron chi connectivity index (χ2n) is 6.63. The van der Waals surface area contributed by atoms with Crippen LogP contribution >= 0.6 is 0 Å². The summed E-state index contributed by atoms with van der Waals surface area (Å²) in [6.45, 7) is 14.1. The van der Waals surface area contributed by atoms with Gasteiger partial charge in [0.2, 0.25) is 0 Å². The Morgan fingerprint density at radius 2 is 1.11 bits per heavy atom. The molecule has 0 bridgehead atoms. The molecule has 0 fully saturated rings. The average molecular weight is 255 g/mol. The molecule has 0 radical (unpaired) electrons. The van der Waals surface area contributed by atoms with Crippen LogP contribution in [0, 0.1) is 0 Å². The van der Waals surface area contributed by atoms with E-state index in [1.807, 2.05) is 0 Å². The summed E-state index contributed by atoms with van der Waals surface area (Å²) in [5.41, 5.74) is 0.344. The Bertz CT molecular complexity index is 169. The van der Waals surface area contributed by atoms with E-state index in [1.165, 1.54) is 70.9 Å². The molecular weight excluding hydrogens is 218 g/mol. The maximum absolute atomic E-state index is 2.64. The minimum absolute atomic E-state index is 0.344. The monoisotopic (exact) mass is 255 g/mol. The Kier molecular flexibility index (Phi) is 10.8. The summed E-state index contributed by atoms with van der Waals surface area (Å²) >= 11 is 0. The first-order chi connectivity index (χ1) is 8.52. The van der Waals surface area contributed by atoms with Crippen LogP contribution < -0.4 is 0 Å². The highest BCUT2D eigenvalue weighted by Crippen LogP contribution is 2.15. The van der Waals surface area contributed by atoms with Crippen molar-refractivity contribution in [1.29, 1.82) is 0 Å². The van der Waals surface area contributed by atoms with Crippen molar-refractivity contribution in [3.8, 4) is 0 Å². The van der Waals surface area contributed by atoms with E-state index in [1.54, 1.807) is 0 Å². The van der Waals surface area contributed by atoms with Gasteiger partial charge in [0.15, 0.2) is 0 Å². The second-order valence-corrected chi connectivity index (χ2v) is 6.63. The first-order valence-electron chi connectivity index (χ1n) is 8.27. The third-order valence-electron chi connectivity index (χ3n) is 3.72. The van der Waals surface area contributed by atoms with Crippen LogP contribution in [0.1, 0.15) is 92.4 Å². The lowest BCUT2D eigenvalue weighted by atomic mass is 10.0. The molecule has 0 unspecified atom stereocenters. The fraction of sp³-hybridized carbons (Fsp3) is 1.00. The van der Waals surface area contributed by atoms with E-state index in [9.17, 15) is 0 Å². The van der Waals surface area contributed by atoms with Gasteiger partial charge in [0.05, 0.1) is 0 Å². The van der Waals surface area contributed by atoms with Gasteiger partial charge >= 0.3 is 0 Å². The van der Waals surface area contributed by atoms with Gasteiger partial charge in [0.25, 0.3) is 0 Å².